The molecule has 254 valence electrons. The summed E-state index contributed by atoms with van der Waals surface area (Å²) in [6.45, 7) is 2.78. The van der Waals surface area contributed by atoms with Crippen LogP contribution in [0.5, 0.6) is 0 Å². The minimum Gasteiger partial charge on any atom is -0.481 e. The van der Waals surface area contributed by atoms with Crippen molar-refractivity contribution in [3.05, 3.63) is 0 Å². The summed E-state index contributed by atoms with van der Waals surface area (Å²) in [6.07, 6.45) is 13.2. The molecule has 44 heavy (non-hydrogen) atoms. The van der Waals surface area contributed by atoms with Gasteiger partial charge in [-0.2, -0.15) is 0 Å². The van der Waals surface area contributed by atoms with Crippen molar-refractivity contribution in [1.82, 2.24) is 16.0 Å². The zero-order valence-electron chi connectivity index (χ0n) is 26.3. The molecule has 0 aliphatic rings. The second kappa shape index (κ2) is 30.0. The largest absolute Gasteiger partial charge is 0.481 e. The van der Waals surface area contributed by atoms with Crippen LogP contribution in [0.15, 0.2) is 0 Å². The van der Waals surface area contributed by atoms with Gasteiger partial charge in [0.05, 0.1) is 13.2 Å². The molecule has 0 fully saturated rings. The number of carbonyl (C=O) groups is 6. The fourth-order valence-corrected chi connectivity index (χ4v) is 4.26. The van der Waals surface area contributed by atoms with Gasteiger partial charge >= 0.3 is 11.9 Å². The Hall–Kier alpha value is -3.06. The molecule has 0 aliphatic heterocycles. The first-order valence-corrected chi connectivity index (χ1v) is 16.1. The molecule has 0 spiro atoms. The standard InChI is InChI=1S/C31H55N3O10/c35-21-11-14-26(31(41)42)34-29(38)18-17-28(37)33-20-13-23-44-25-24-43-22-12-19-32-27(36)15-9-7-5-3-1-2-4-6-8-10-16-30(39)40/h21,26H,1-20,22-25H2,(H,32,36)(H,33,37)(H,34,38)(H,39,40)(H,41,42)/t26-/m0/s1. The van der Waals surface area contributed by atoms with E-state index in [1.165, 1.54) is 25.7 Å². The average molecular weight is 630 g/mol. The van der Waals surface area contributed by atoms with E-state index >= 15 is 0 Å². The number of hydrogen-bond donors (Lipinski definition) is 5. The number of aldehydes is 1. The van der Waals surface area contributed by atoms with Crippen molar-refractivity contribution in [2.24, 2.45) is 0 Å². The Morgan fingerprint density at radius 1 is 0.568 bits per heavy atom. The predicted octanol–water partition coefficient (Wildman–Crippen LogP) is 3.13. The van der Waals surface area contributed by atoms with E-state index in [-0.39, 0.29) is 43.9 Å². The van der Waals surface area contributed by atoms with Gasteiger partial charge < -0.3 is 40.4 Å². The fraction of sp³-hybridized carbons (Fsp3) is 0.806. The van der Waals surface area contributed by atoms with E-state index < -0.39 is 23.9 Å². The summed E-state index contributed by atoms with van der Waals surface area (Å²) in [4.78, 5) is 67.5. The molecule has 0 unspecified atom stereocenters. The molecule has 0 aromatic rings. The van der Waals surface area contributed by atoms with Crippen molar-refractivity contribution >= 4 is 35.9 Å². The van der Waals surface area contributed by atoms with Crippen molar-refractivity contribution in [1.29, 1.82) is 0 Å². The van der Waals surface area contributed by atoms with Crippen molar-refractivity contribution in [2.75, 3.05) is 39.5 Å². The van der Waals surface area contributed by atoms with Gasteiger partial charge in [-0.15, -0.1) is 0 Å². The van der Waals surface area contributed by atoms with Crippen LogP contribution < -0.4 is 16.0 Å². The highest BCUT2D eigenvalue weighted by molar-refractivity contribution is 5.87. The molecule has 1 atom stereocenters. The molecule has 0 rings (SSSR count). The minimum absolute atomic E-state index is 0.00511. The van der Waals surface area contributed by atoms with Gasteiger partial charge in [0.25, 0.3) is 0 Å². The topological polar surface area (TPSA) is 197 Å². The van der Waals surface area contributed by atoms with E-state index in [2.05, 4.69) is 16.0 Å². The minimum atomic E-state index is -1.22. The lowest BCUT2D eigenvalue weighted by atomic mass is 10.1. The quantitative estimate of drug-likeness (QED) is 0.0544. The third kappa shape index (κ3) is 29.0. The predicted molar refractivity (Wildman–Crippen MR) is 164 cm³/mol. The first kappa shape index (κ1) is 40.9. The molecule has 0 aromatic carbocycles. The Labute approximate surface area is 261 Å². The summed E-state index contributed by atoms with van der Waals surface area (Å²) in [5, 5.41) is 25.5. The summed E-state index contributed by atoms with van der Waals surface area (Å²) >= 11 is 0. The summed E-state index contributed by atoms with van der Waals surface area (Å²) in [5.41, 5.74) is 0. The molecule has 0 aliphatic carbocycles. The Bertz CT molecular complexity index is 810. The third-order valence-corrected chi connectivity index (χ3v) is 6.78. The second-order valence-corrected chi connectivity index (χ2v) is 10.8. The van der Waals surface area contributed by atoms with E-state index in [1.807, 2.05) is 0 Å². The second-order valence-electron chi connectivity index (χ2n) is 10.8. The van der Waals surface area contributed by atoms with E-state index in [1.54, 1.807) is 0 Å². The maximum absolute atomic E-state index is 11.9. The van der Waals surface area contributed by atoms with E-state index in [0.29, 0.717) is 58.6 Å². The maximum Gasteiger partial charge on any atom is 0.326 e. The number of hydrogen-bond acceptors (Lipinski definition) is 8. The Morgan fingerprint density at radius 2 is 1.02 bits per heavy atom. The number of nitrogens with one attached hydrogen (secondary N) is 3. The maximum atomic E-state index is 11.9. The van der Waals surface area contributed by atoms with E-state index in [0.717, 1.165) is 44.9 Å². The summed E-state index contributed by atoms with van der Waals surface area (Å²) < 4.78 is 11.0. The monoisotopic (exact) mass is 629 g/mol. The normalized spacial score (nSPS) is 11.5. The molecule has 3 amide bonds. The van der Waals surface area contributed by atoms with Crippen LogP contribution in [0.25, 0.3) is 0 Å². The van der Waals surface area contributed by atoms with Gasteiger partial charge in [0, 0.05) is 58.4 Å². The molecule has 0 heterocycles. The molecule has 0 saturated carbocycles. The van der Waals surface area contributed by atoms with Crippen LogP contribution in [0.2, 0.25) is 0 Å². The van der Waals surface area contributed by atoms with E-state index in [4.69, 9.17) is 19.7 Å². The highest BCUT2D eigenvalue weighted by atomic mass is 16.5. The highest BCUT2D eigenvalue weighted by Crippen LogP contribution is 2.12. The van der Waals surface area contributed by atoms with Crippen LogP contribution in [0, 0.1) is 0 Å². The number of carbonyl (C=O) groups excluding carboxylic acids is 4. The van der Waals surface area contributed by atoms with Crippen LogP contribution in [0.3, 0.4) is 0 Å². The molecule has 13 heteroatoms. The first-order valence-electron chi connectivity index (χ1n) is 16.1. The zero-order chi connectivity index (χ0) is 32.7. The van der Waals surface area contributed by atoms with Gasteiger partial charge in [0.15, 0.2) is 0 Å². The molecule has 0 bridgehead atoms. The third-order valence-electron chi connectivity index (χ3n) is 6.78. The van der Waals surface area contributed by atoms with Gasteiger partial charge in [-0.05, 0) is 32.1 Å². The molecule has 0 aromatic heterocycles. The Kier molecular flexibility index (Phi) is 27.9. The van der Waals surface area contributed by atoms with Crippen LogP contribution in [-0.4, -0.2) is 91.7 Å². The van der Waals surface area contributed by atoms with Crippen molar-refractivity contribution in [2.45, 2.75) is 122 Å². The first-order chi connectivity index (χ1) is 21.3. The van der Waals surface area contributed by atoms with Crippen LogP contribution in [0.4, 0.5) is 0 Å². The Morgan fingerprint density at radius 3 is 1.50 bits per heavy atom. The van der Waals surface area contributed by atoms with Crippen LogP contribution >= 0.6 is 0 Å². The SMILES string of the molecule is O=CCC[C@H](NC(=O)CCC(=O)NCCCOCCOCCCNC(=O)CCCCCCCCCCCCC(=O)O)C(=O)O. The number of unbranched alkanes of at least 4 members (excludes halogenated alkanes) is 9. The molecule has 0 radical (unpaired) electrons. The fourth-order valence-electron chi connectivity index (χ4n) is 4.26. The van der Waals surface area contributed by atoms with Gasteiger partial charge in [0.2, 0.25) is 17.7 Å². The number of carboxylic acids is 2. The number of rotatable bonds is 32. The lowest BCUT2D eigenvalue weighted by molar-refractivity contribution is -0.142. The molecular weight excluding hydrogens is 574 g/mol. The van der Waals surface area contributed by atoms with Crippen LogP contribution in [-0.2, 0) is 38.2 Å². The van der Waals surface area contributed by atoms with Crippen LogP contribution in [0.1, 0.15) is 116 Å². The summed E-state index contributed by atoms with van der Waals surface area (Å²) in [5.74, 6) is -2.74. The average Bonchev–Trinajstić information content (AvgIpc) is 2.98. The Balaban J connectivity index is 3.43. The summed E-state index contributed by atoms with van der Waals surface area (Å²) in [7, 11) is 0. The van der Waals surface area contributed by atoms with Gasteiger partial charge in [-0.1, -0.05) is 51.4 Å². The number of aliphatic carboxylic acids is 2. The molecule has 13 nitrogen and oxygen atoms in total. The lowest BCUT2D eigenvalue weighted by Gasteiger charge is -2.13. The van der Waals surface area contributed by atoms with Crippen molar-refractivity contribution in [3.63, 3.8) is 0 Å². The lowest BCUT2D eigenvalue weighted by Crippen LogP contribution is -2.41. The number of carboxylic acid groups (broad SMARTS) is 2. The van der Waals surface area contributed by atoms with E-state index in [9.17, 15) is 28.8 Å². The summed E-state index contributed by atoms with van der Waals surface area (Å²) in [6, 6.07) is -1.15. The van der Waals surface area contributed by atoms with Crippen molar-refractivity contribution in [3.8, 4) is 0 Å². The van der Waals surface area contributed by atoms with Gasteiger partial charge in [-0.3, -0.25) is 19.2 Å². The van der Waals surface area contributed by atoms with Gasteiger partial charge in [0.1, 0.15) is 12.3 Å². The molecule has 5 N–H and O–H groups in total. The highest BCUT2D eigenvalue weighted by Gasteiger charge is 2.19. The number of ether oxygens (including phenoxy) is 2. The zero-order valence-corrected chi connectivity index (χ0v) is 26.3. The smallest absolute Gasteiger partial charge is 0.326 e. The van der Waals surface area contributed by atoms with Crippen molar-refractivity contribution < 1.29 is 48.5 Å². The molecule has 0 saturated heterocycles. The van der Waals surface area contributed by atoms with Gasteiger partial charge in [-0.25, -0.2) is 4.79 Å². The molecular formula is C31H55N3O10. The number of amides is 3.